The number of rotatable bonds is 3. The molecule has 0 saturated heterocycles. The molecule has 2 N–H and O–H groups in total. The Morgan fingerprint density at radius 2 is 1.95 bits per heavy atom. The minimum atomic E-state index is -0.191. The lowest BCUT2D eigenvalue weighted by molar-refractivity contribution is 0.0946. The first kappa shape index (κ1) is 13.8. The second kappa shape index (κ2) is 5.57. The molecule has 0 aliphatic heterocycles. The molecule has 100 valence electrons. The van der Waals surface area contributed by atoms with E-state index in [1.807, 2.05) is 0 Å². The largest absolute Gasteiger partial charge is 0.356 e. The summed E-state index contributed by atoms with van der Waals surface area (Å²) in [6.07, 6.45) is 1.70. The molecule has 1 aromatic heterocycles. The molecule has 5 heteroatoms. The van der Waals surface area contributed by atoms with Crippen LogP contribution in [0, 0.1) is 19.7 Å². The van der Waals surface area contributed by atoms with Crippen molar-refractivity contribution in [3.05, 3.63) is 57.1 Å². The fraction of sp³-hybridized carbons (Fsp3) is 0.214. The van der Waals surface area contributed by atoms with Crippen LogP contribution < -0.4 is 5.32 Å². The third-order valence-corrected chi connectivity index (χ3v) is 3.30. The lowest BCUT2D eigenvalue weighted by Crippen LogP contribution is -2.23. The number of benzene rings is 1. The number of aromatic nitrogens is 1. The molecule has 0 aliphatic rings. The summed E-state index contributed by atoms with van der Waals surface area (Å²) in [5.74, 6) is -0.381. The predicted octanol–water partition coefficient (Wildman–Crippen LogP) is 3.46. The third kappa shape index (κ3) is 3.23. The molecule has 2 rings (SSSR count). The molecule has 1 amide bonds. The van der Waals surface area contributed by atoms with E-state index in [2.05, 4.69) is 26.2 Å². The standard InChI is InChI=1S/C14H14BrFN2O/c1-8-3-10(4-9(2)13(8)16)6-18-14(19)12-5-11(15)7-17-12/h3-5,7,17H,6H2,1-2H3,(H,18,19). The summed E-state index contributed by atoms with van der Waals surface area (Å²) in [6, 6.07) is 5.19. The average Bonchev–Trinajstić information content (AvgIpc) is 2.79. The number of aromatic amines is 1. The molecule has 1 aromatic carbocycles. The molecule has 19 heavy (non-hydrogen) atoms. The second-order valence-corrected chi connectivity index (χ2v) is 5.37. The summed E-state index contributed by atoms with van der Waals surface area (Å²) in [5.41, 5.74) is 2.55. The Bertz CT molecular complexity index is 599. The maximum Gasteiger partial charge on any atom is 0.267 e. The van der Waals surface area contributed by atoms with Crippen LogP contribution >= 0.6 is 15.9 Å². The van der Waals surface area contributed by atoms with Crippen LogP contribution in [-0.4, -0.2) is 10.9 Å². The summed E-state index contributed by atoms with van der Waals surface area (Å²) in [5, 5.41) is 2.79. The van der Waals surface area contributed by atoms with Crippen LogP contribution in [0.25, 0.3) is 0 Å². The van der Waals surface area contributed by atoms with Gasteiger partial charge in [-0.3, -0.25) is 4.79 Å². The molecule has 1 heterocycles. The SMILES string of the molecule is Cc1cc(CNC(=O)c2cc(Br)c[nH]2)cc(C)c1F. The van der Waals surface area contributed by atoms with Gasteiger partial charge in [-0.05, 0) is 52.5 Å². The van der Waals surface area contributed by atoms with Gasteiger partial charge in [-0.15, -0.1) is 0 Å². The van der Waals surface area contributed by atoms with Gasteiger partial charge in [-0.25, -0.2) is 4.39 Å². The van der Waals surface area contributed by atoms with Crippen LogP contribution in [0.3, 0.4) is 0 Å². The van der Waals surface area contributed by atoms with Gasteiger partial charge in [0.25, 0.3) is 5.91 Å². The maximum absolute atomic E-state index is 13.5. The lowest BCUT2D eigenvalue weighted by Gasteiger charge is -2.08. The van der Waals surface area contributed by atoms with Crippen LogP contribution in [0.15, 0.2) is 28.9 Å². The van der Waals surface area contributed by atoms with Crippen molar-refractivity contribution in [3.8, 4) is 0 Å². The minimum Gasteiger partial charge on any atom is -0.356 e. The van der Waals surface area contributed by atoms with Gasteiger partial charge in [-0.2, -0.15) is 0 Å². The van der Waals surface area contributed by atoms with Crippen molar-refractivity contribution in [2.45, 2.75) is 20.4 Å². The molecule has 0 aliphatic carbocycles. The van der Waals surface area contributed by atoms with E-state index in [1.165, 1.54) is 0 Å². The maximum atomic E-state index is 13.5. The highest BCUT2D eigenvalue weighted by atomic mass is 79.9. The van der Waals surface area contributed by atoms with Crippen molar-refractivity contribution < 1.29 is 9.18 Å². The Labute approximate surface area is 119 Å². The van der Waals surface area contributed by atoms with Crippen molar-refractivity contribution in [2.75, 3.05) is 0 Å². The van der Waals surface area contributed by atoms with Crippen LogP contribution in [-0.2, 0) is 6.54 Å². The zero-order valence-electron chi connectivity index (χ0n) is 10.7. The molecule has 0 atom stereocenters. The normalized spacial score (nSPS) is 10.5. The average molecular weight is 325 g/mol. The number of nitrogens with one attached hydrogen (secondary N) is 2. The van der Waals surface area contributed by atoms with Gasteiger partial charge in [-0.1, -0.05) is 12.1 Å². The zero-order valence-corrected chi connectivity index (χ0v) is 12.3. The number of carbonyl (C=O) groups is 1. The van der Waals surface area contributed by atoms with E-state index in [9.17, 15) is 9.18 Å². The van der Waals surface area contributed by atoms with Crippen molar-refractivity contribution >= 4 is 21.8 Å². The number of halogens is 2. The molecular formula is C14H14BrFN2O. The van der Waals surface area contributed by atoms with Crippen LogP contribution in [0.4, 0.5) is 4.39 Å². The molecule has 0 unspecified atom stereocenters. The molecule has 0 radical (unpaired) electrons. The van der Waals surface area contributed by atoms with E-state index in [1.54, 1.807) is 38.2 Å². The van der Waals surface area contributed by atoms with E-state index < -0.39 is 0 Å². The van der Waals surface area contributed by atoms with Crippen molar-refractivity contribution in [1.29, 1.82) is 0 Å². The van der Waals surface area contributed by atoms with E-state index in [4.69, 9.17) is 0 Å². The van der Waals surface area contributed by atoms with Gasteiger partial charge in [0.1, 0.15) is 11.5 Å². The van der Waals surface area contributed by atoms with Crippen molar-refractivity contribution in [2.24, 2.45) is 0 Å². The molecule has 0 spiro atoms. The van der Waals surface area contributed by atoms with E-state index in [-0.39, 0.29) is 11.7 Å². The predicted molar refractivity (Wildman–Crippen MR) is 75.5 cm³/mol. The number of H-pyrrole nitrogens is 1. The Balaban J connectivity index is 2.05. The van der Waals surface area contributed by atoms with Gasteiger partial charge in [0, 0.05) is 17.2 Å². The number of amides is 1. The van der Waals surface area contributed by atoms with Crippen LogP contribution in [0.2, 0.25) is 0 Å². The molecule has 0 bridgehead atoms. The van der Waals surface area contributed by atoms with Crippen molar-refractivity contribution in [3.63, 3.8) is 0 Å². The van der Waals surface area contributed by atoms with E-state index in [0.717, 1.165) is 10.0 Å². The first-order valence-electron chi connectivity index (χ1n) is 5.85. The first-order valence-corrected chi connectivity index (χ1v) is 6.64. The third-order valence-electron chi connectivity index (χ3n) is 2.84. The Morgan fingerprint density at radius 1 is 1.32 bits per heavy atom. The summed E-state index contributed by atoms with van der Waals surface area (Å²) in [6.45, 7) is 3.81. The first-order chi connectivity index (χ1) is 8.97. The second-order valence-electron chi connectivity index (χ2n) is 4.46. The smallest absolute Gasteiger partial charge is 0.267 e. The number of carbonyl (C=O) groups excluding carboxylic acids is 1. The van der Waals surface area contributed by atoms with Crippen molar-refractivity contribution in [1.82, 2.24) is 10.3 Å². The van der Waals surface area contributed by atoms with Gasteiger partial charge >= 0.3 is 0 Å². The molecule has 0 saturated carbocycles. The Hall–Kier alpha value is -1.62. The van der Waals surface area contributed by atoms with Crippen LogP contribution in [0.5, 0.6) is 0 Å². The van der Waals surface area contributed by atoms with E-state index >= 15 is 0 Å². The lowest BCUT2D eigenvalue weighted by atomic mass is 10.1. The number of hydrogen-bond donors (Lipinski definition) is 2. The van der Waals surface area contributed by atoms with Gasteiger partial charge in [0.15, 0.2) is 0 Å². The number of hydrogen-bond acceptors (Lipinski definition) is 1. The van der Waals surface area contributed by atoms with Gasteiger partial charge in [0.05, 0.1) is 0 Å². The zero-order chi connectivity index (χ0) is 14.0. The fourth-order valence-corrected chi connectivity index (χ4v) is 2.26. The monoisotopic (exact) mass is 324 g/mol. The molecule has 0 fully saturated rings. The summed E-state index contributed by atoms with van der Waals surface area (Å²) >= 11 is 3.27. The number of aryl methyl sites for hydroxylation is 2. The van der Waals surface area contributed by atoms with Crippen LogP contribution in [0.1, 0.15) is 27.2 Å². The molecule has 2 aromatic rings. The minimum absolute atomic E-state index is 0.190. The topological polar surface area (TPSA) is 44.9 Å². The Morgan fingerprint density at radius 3 is 2.47 bits per heavy atom. The summed E-state index contributed by atoms with van der Waals surface area (Å²) in [4.78, 5) is 14.7. The van der Waals surface area contributed by atoms with Gasteiger partial charge in [0.2, 0.25) is 0 Å². The van der Waals surface area contributed by atoms with E-state index in [0.29, 0.717) is 23.4 Å². The Kier molecular flexibility index (Phi) is 4.04. The highest BCUT2D eigenvalue weighted by molar-refractivity contribution is 9.10. The summed E-state index contributed by atoms with van der Waals surface area (Å²) in [7, 11) is 0. The highest BCUT2D eigenvalue weighted by Crippen LogP contribution is 2.15. The fourth-order valence-electron chi connectivity index (χ4n) is 1.91. The van der Waals surface area contributed by atoms with Gasteiger partial charge < -0.3 is 10.3 Å². The molecule has 3 nitrogen and oxygen atoms in total. The molecular weight excluding hydrogens is 311 g/mol. The summed E-state index contributed by atoms with van der Waals surface area (Å²) < 4.78 is 14.3. The highest BCUT2D eigenvalue weighted by Gasteiger charge is 2.09. The quantitative estimate of drug-likeness (QED) is 0.892.